The zero-order chi connectivity index (χ0) is 14.0. The molecule has 2 nitrogen and oxygen atoms in total. The molecule has 0 spiro atoms. The Kier molecular flexibility index (Phi) is 6.32. The molecule has 0 heterocycles. The molecule has 106 valence electrons. The molecule has 0 atom stereocenters. The first-order valence-electron chi connectivity index (χ1n) is 7.03. The molecular weight excluding hydrogens is 266 g/mol. The molecule has 0 fully saturated rings. The predicted molar refractivity (Wildman–Crippen MR) is 87.9 cm³/mol. The summed E-state index contributed by atoms with van der Waals surface area (Å²) in [5.74, 6) is 1.99. The van der Waals surface area contributed by atoms with E-state index in [9.17, 15) is 0 Å². The summed E-state index contributed by atoms with van der Waals surface area (Å²) in [4.78, 5) is 1.32. The van der Waals surface area contributed by atoms with Crippen molar-refractivity contribution in [3.63, 3.8) is 0 Å². The zero-order valence-electron chi connectivity index (χ0n) is 11.8. The fourth-order valence-corrected chi connectivity index (χ4v) is 2.56. The summed E-state index contributed by atoms with van der Waals surface area (Å²) in [7, 11) is 0. The minimum absolute atomic E-state index is 0.778. The van der Waals surface area contributed by atoms with Gasteiger partial charge in [0.25, 0.3) is 0 Å². The van der Waals surface area contributed by atoms with E-state index in [4.69, 9.17) is 4.74 Å². The number of anilines is 1. The summed E-state index contributed by atoms with van der Waals surface area (Å²) >= 11 is 1.87. The number of ether oxygens (including phenoxy) is 1. The lowest BCUT2D eigenvalue weighted by Crippen LogP contribution is -2.03. The van der Waals surface area contributed by atoms with Gasteiger partial charge in [-0.05, 0) is 42.8 Å². The third-order valence-electron chi connectivity index (χ3n) is 2.77. The fourth-order valence-electron chi connectivity index (χ4n) is 1.77. The smallest absolute Gasteiger partial charge is 0.119 e. The number of thioether (sulfide) groups is 1. The molecule has 0 aromatic heterocycles. The van der Waals surface area contributed by atoms with Gasteiger partial charge in [-0.15, -0.1) is 11.8 Å². The third-order valence-corrected chi connectivity index (χ3v) is 3.78. The minimum Gasteiger partial charge on any atom is -0.494 e. The van der Waals surface area contributed by atoms with Crippen LogP contribution in [0.2, 0.25) is 0 Å². The van der Waals surface area contributed by atoms with Gasteiger partial charge in [0.15, 0.2) is 0 Å². The molecule has 2 rings (SSSR count). The number of rotatable bonds is 8. The van der Waals surface area contributed by atoms with Gasteiger partial charge in [-0.25, -0.2) is 0 Å². The van der Waals surface area contributed by atoms with Gasteiger partial charge in [0.2, 0.25) is 0 Å². The summed E-state index contributed by atoms with van der Waals surface area (Å²) < 4.78 is 5.56. The van der Waals surface area contributed by atoms with E-state index < -0.39 is 0 Å². The second-order valence-corrected chi connectivity index (χ2v) is 5.63. The molecule has 0 aliphatic rings. The van der Waals surface area contributed by atoms with Crippen molar-refractivity contribution in [3.8, 4) is 5.75 Å². The molecule has 0 aliphatic carbocycles. The van der Waals surface area contributed by atoms with Gasteiger partial charge >= 0.3 is 0 Å². The summed E-state index contributed by atoms with van der Waals surface area (Å²) in [6.07, 6.45) is 1.04. The Hall–Kier alpha value is -1.61. The van der Waals surface area contributed by atoms with E-state index in [1.54, 1.807) is 0 Å². The predicted octanol–water partition coefficient (Wildman–Crippen LogP) is 4.68. The molecule has 0 amide bonds. The highest BCUT2D eigenvalue weighted by molar-refractivity contribution is 7.99. The van der Waals surface area contributed by atoms with Crippen LogP contribution in [-0.2, 0) is 0 Å². The van der Waals surface area contributed by atoms with E-state index in [2.05, 4.69) is 48.6 Å². The Morgan fingerprint density at radius 1 is 1.00 bits per heavy atom. The lowest BCUT2D eigenvalue weighted by Gasteiger charge is -2.08. The first kappa shape index (κ1) is 14.8. The van der Waals surface area contributed by atoms with E-state index in [0.717, 1.165) is 36.8 Å². The van der Waals surface area contributed by atoms with E-state index in [0.29, 0.717) is 0 Å². The zero-order valence-corrected chi connectivity index (χ0v) is 12.7. The molecule has 1 N–H and O–H groups in total. The van der Waals surface area contributed by atoms with Gasteiger partial charge in [-0.2, -0.15) is 0 Å². The van der Waals surface area contributed by atoms with E-state index in [1.807, 2.05) is 30.0 Å². The normalized spacial score (nSPS) is 10.2. The number of hydrogen-bond acceptors (Lipinski definition) is 3. The first-order chi connectivity index (χ1) is 9.88. The first-order valence-corrected chi connectivity index (χ1v) is 8.01. The average molecular weight is 287 g/mol. The molecule has 0 radical (unpaired) electrons. The topological polar surface area (TPSA) is 21.3 Å². The van der Waals surface area contributed by atoms with Crippen molar-refractivity contribution >= 4 is 17.4 Å². The van der Waals surface area contributed by atoms with Gasteiger partial charge in [0.1, 0.15) is 5.75 Å². The maximum atomic E-state index is 5.56. The largest absolute Gasteiger partial charge is 0.494 e. The molecular formula is C17H21NOS. The van der Waals surface area contributed by atoms with Gasteiger partial charge in [0, 0.05) is 22.9 Å². The van der Waals surface area contributed by atoms with Crippen LogP contribution in [0.5, 0.6) is 5.75 Å². The van der Waals surface area contributed by atoms with Crippen LogP contribution < -0.4 is 10.1 Å². The average Bonchev–Trinajstić information content (AvgIpc) is 2.52. The summed E-state index contributed by atoms with van der Waals surface area (Å²) in [6.45, 7) is 3.84. The highest BCUT2D eigenvalue weighted by Gasteiger charge is 1.96. The molecule has 0 aliphatic heterocycles. The Labute approximate surface area is 125 Å². The van der Waals surface area contributed by atoms with E-state index in [1.165, 1.54) is 4.90 Å². The maximum absolute atomic E-state index is 5.56. The Morgan fingerprint density at radius 2 is 1.75 bits per heavy atom. The SMILES string of the molecule is CCCOc1ccc(NCCSc2ccccc2)cc1. The molecule has 3 heteroatoms. The summed E-state index contributed by atoms with van der Waals surface area (Å²) in [5.41, 5.74) is 1.14. The van der Waals surface area contributed by atoms with Crippen LogP contribution in [0.3, 0.4) is 0 Å². The van der Waals surface area contributed by atoms with Crippen molar-refractivity contribution in [2.24, 2.45) is 0 Å². The summed E-state index contributed by atoms with van der Waals surface area (Å²) in [5, 5.41) is 3.42. The molecule has 0 saturated carbocycles. The molecule has 2 aromatic carbocycles. The highest BCUT2D eigenvalue weighted by atomic mass is 32.2. The van der Waals surface area contributed by atoms with Crippen LogP contribution in [-0.4, -0.2) is 18.9 Å². The van der Waals surface area contributed by atoms with Crippen LogP contribution in [0.1, 0.15) is 13.3 Å². The molecule has 0 unspecified atom stereocenters. The minimum atomic E-state index is 0.778. The maximum Gasteiger partial charge on any atom is 0.119 e. The summed E-state index contributed by atoms with van der Waals surface area (Å²) in [6, 6.07) is 18.6. The second-order valence-electron chi connectivity index (χ2n) is 4.46. The molecule has 0 saturated heterocycles. The number of hydrogen-bond donors (Lipinski definition) is 1. The van der Waals surface area contributed by atoms with E-state index >= 15 is 0 Å². The molecule has 20 heavy (non-hydrogen) atoms. The third kappa shape index (κ3) is 5.17. The van der Waals surface area contributed by atoms with Crippen LogP contribution in [0.4, 0.5) is 5.69 Å². The molecule has 0 bridgehead atoms. The second kappa shape index (κ2) is 8.54. The Morgan fingerprint density at radius 3 is 2.45 bits per heavy atom. The van der Waals surface area contributed by atoms with Gasteiger partial charge in [-0.3, -0.25) is 0 Å². The van der Waals surface area contributed by atoms with Gasteiger partial charge < -0.3 is 10.1 Å². The van der Waals surface area contributed by atoms with Crippen molar-refractivity contribution in [3.05, 3.63) is 54.6 Å². The van der Waals surface area contributed by atoms with Crippen LogP contribution in [0.15, 0.2) is 59.5 Å². The van der Waals surface area contributed by atoms with Crippen molar-refractivity contribution in [1.29, 1.82) is 0 Å². The quantitative estimate of drug-likeness (QED) is 0.562. The molecule has 2 aromatic rings. The van der Waals surface area contributed by atoms with Crippen molar-refractivity contribution in [2.75, 3.05) is 24.2 Å². The monoisotopic (exact) mass is 287 g/mol. The number of benzene rings is 2. The van der Waals surface area contributed by atoms with Crippen LogP contribution >= 0.6 is 11.8 Å². The fraction of sp³-hybridized carbons (Fsp3) is 0.294. The Bertz CT molecular complexity index is 484. The Balaban J connectivity index is 1.69. The van der Waals surface area contributed by atoms with Crippen LogP contribution in [0, 0.1) is 0 Å². The van der Waals surface area contributed by atoms with E-state index in [-0.39, 0.29) is 0 Å². The lowest BCUT2D eigenvalue weighted by atomic mass is 10.3. The lowest BCUT2D eigenvalue weighted by molar-refractivity contribution is 0.317. The van der Waals surface area contributed by atoms with Crippen molar-refractivity contribution < 1.29 is 4.74 Å². The van der Waals surface area contributed by atoms with Crippen LogP contribution in [0.25, 0.3) is 0 Å². The highest BCUT2D eigenvalue weighted by Crippen LogP contribution is 2.18. The van der Waals surface area contributed by atoms with Crippen molar-refractivity contribution in [2.45, 2.75) is 18.2 Å². The van der Waals surface area contributed by atoms with Gasteiger partial charge in [-0.1, -0.05) is 25.1 Å². The number of nitrogens with one attached hydrogen (secondary N) is 1. The van der Waals surface area contributed by atoms with Gasteiger partial charge in [0.05, 0.1) is 6.61 Å². The van der Waals surface area contributed by atoms with Crippen molar-refractivity contribution in [1.82, 2.24) is 0 Å². The standard InChI is InChI=1S/C17H21NOS/c1-2-13-19-16-10-8-15(9-11-16)18-12-14-20-17-6-4-3-5-7-17/h3-11,18H,2,12-14H2,1H3.